The summed E-state index contributed by atoms with van der Waals surface area (Å²) in [6, 6.07) is 8.02. The highest BCUT2D eigenvalue weighted by Gasteiger charge is 2.11. The third kappa shape index (κ3) is 3.40. The van der Waals surface area contributed by atoms with Crippen LogP contribution in [0.4, 0.5) is 28.1 Å². The minimum Gasteiger partial charge on any atom is -0.393 e. The summed E-state index contributed by atoms with van der Waals surface area (Å²) in [5, 5.41) is 7.14. The van der Waals surface area contributed by atoms with Gasteiger partial charge in [-0.3, -0.25) is 0 Å². The second kappa shape index (κ2) is 6.21. The van der Waals surface area contributed by atoms with Crippen LogP contribution in [0.25, 0.3) is 0 Å². The third-order valence-corrected chi connectivity index (χ3v) is 4.44. The maximum atomic E-state index is 6.18. The summed E-state index contributed by atoms with van der Waals surface area (Å²) in [6.45, 7) is 6.06. The van der Waals surface area contributed by atoms with E-state index >= 15 is 0 Å². The smallest absolute Gasteiger partial charge is 0.188 e. The van der Waals surface area contributed by atoms with Gasteiger partial charge < -0.3 is 16.4 Å². The molecule has 4 N–H and O–H groups in total. The number of nitrogens with two attached hydrogens (primary N) is 1. The Bertz CT molecular complexity index is 806. The standard InChI is InChI=1S/C16H18N6S/c1-9-4-6-12(7-5-9)21-14-13(17)15(19-8-18-14)22-16-20-10(2)11(3)23-16/h4-8H,17H2,1-3H3,(H2,18,19,20,21,22). The molecule has 0 spiro atoms. The zero-order chi connectivity index (χ0) is 16.4. The lowest BCUT2D eigenvalue weighted by Crippen LogP contribution is -2.05. The fraction of sp³-hybridized carbons (Fsp3) is 0.188. The Morgan fingerprint density at radius 2 is 1.61 bits per heavy atom. The van der Waals surface area contributed by atoms with Gasteiger partial charge in [0, 0.05) is 10.6 Å². The molecule has 0 atom stereocenters. The number of nitrogens with zero attached hydrogens (tertiary/aromatic N) is 3. The molecule has 0 bridgehead atoms. The van der Waals surface area contributed by atoms with E-state index in [1.165, 1.54) is 11.9 Å². The second-order valence-electron chi connectivity index (χ2n) is 5.26. The molecule has 0 aliphatic heterocycles. The van der Waals surface area contributed by atoms with Crippen LogP contribution in [0.5, 0.6) is 0 Å². The Kier molecular flexibility index (Phi) is 4.12. The summed E-state index contributed by atoms with van der Waals surface area (Å²) in [5.74, 6) is 1.11. The lowest BCUT2D eigenvalue weighted by atomic mass is 10.2. The second-order valence-corrected chi connectivity index (χ2v) is 6.46. The number of anilines is 5. The number of benzene rings is 1. The van der Waals surface area contributed by atoms with E-state index in [1.54, 1.807) is 11.3 Å². The molecule has 0 unspecified atom stereocenters. The van der Waals surface area contributed by atoms with Crippen LogP contribution in [0.3, 0.4) is 0 Å². The number of nitrogen functional groups attached to an aromatic ring is 1. The van der Waals surface area contributed by atoms with Gasteiger partial charge in [-0.2, -0.15) is 0 Å². The fourth-order valence-corrected chi connectivity index (χ4v) is 2.81. The average molecular weight is 326 g/mol. The lowest BCUT2D eigenvalue weighted by Gasteiger charge is -2.11. The molecule has 0 amide bonds. The monoisotopic (exact) mass is 326 g/mol. The molecule has 0 aliphatic carbocycles. The molecule has 23 heavy (non-hydrogen) atoms. The summed E-state index contributed by atoms with van der Waals surface area (Å²) in [6.07, 6.45) is 1.47. The van der Waals surface area contributed by atoms with Crippen molar-refractivity contribution in [2.75, 3.05) is 16.4 Å². The molecular weight excluding hydrogens is 308 g/mol. The molecule has 0 aliphatic rings. The van der Waals surface area contributed by atoms with E-state index in [0.717, 1.165) is 21.4 Å². The third-order valence-electron chi connectivity index (χ3n) is 3.45. The number of aromatic nitrogens is 3. The predicted molar refractivity (Wildman–Crippen MR) is 95.8 cm³/mol. The van der Waals surface area contributed by atoms with Crippen LogP contribution in [-0.2, 0) is 0 Å². The zero-order valence-corrected chi connectivity index (χ0v) is 14.0. The molecule has 3 rings (SSSR count). The summed E-state index contributed by atoms with van der Waals surface area (Å²) in [7, 11) is 0. The van der Waals surface area contributed by atoms with Crippen molar-refractivity contribution in [3.05, 3.63) is 46.7 Å². The van der Waals surface area contributed by atoms with E-state index in [4.69, 9.17) is 5.73 Å². The number of aryl methyl sites for hydroxylation is 3. The lowest BCUT2D eigenvalue weighted by molar-refractivity contribution is 1.16. The first-order chi connectivity index (χ1) is 11.0. The maximum absolute atomic E-state index is 6.18. The summed E-state index contributed by atoms with van der Waals surface area (Å²) in [4.78, 5) is 14.0. The van der Waals surface area contributed by atoms with Gasteiger partial charge in [-0.1, -0.05) is 17.7 Å². The van der Waals surface area contributed by atoms with Crippen molar-refractivity contribution < 1.29 is 0 Å². The van der Waals surface area contributed by atoms with E-state index in [1.807, 2.05) is 45.0 Å². The van der Waals surface area contributed by atoms with Gasteiger partial charge in [0.25, 0.3) is 0 Å². The van der Waals surface area contributed by atoms with Gasteiger partial charge in [0.1, 0.15) is 12.0 Å². The minimum atomic E-state index is 0.457. The highest BCUT2D eigenvalue weighted by atomic mass is 32.1. The van der Waals surface area contributed by atoms with Crippen molar-refractivity contribution in [1.82, 2.24) is 15.0 Å². The highest BCUT2D eigenvalue weighted by molar-refractivity contribution is 7.15. The van der Waals surface area contributed by atoms with Crippen LogP contribution < -0.4 is 16.4 Å². The molecule has 2 aromatic heterocycles. The van der Waals surface area contributed by atoms with Crippen molar-refractivity contribution in [2.45, 2.75) is 20.8 Å². The fourth-order valence-electron chi connectivity index (χ4n) is 2.00. The Morgan fingerprint density at radius 1 is 0.957 bits per heavy atom. The molecule has 3 aromatic rings. The van der Waals surface area contributed by atoms with Crippen LogP contribution in [0, 0.1) is 20.8 Å². The van der Waals surface area contributed by atoms with Gasteiger partial charge >= 0.3 is 0 Å². The van der Waals surface area contributed by atoms with Crippen LogP contribution in [0.15, 0.2) is 30.6 Å². The molecule has 0 saturated heterocycles. The van der Waals surface area contributed by atoms with Crippen LogP contribution in [-0.4, -0.2) is 15.0 Å². The molecule has 2 heterocycles. The summed E-state index contributed by atoms with van der Waals surface area (Å²) >= 11 is 1.57. The number of hydrogen-bond donors (Lipinski definition) is 3. The minimum absolute atomic E-state index is 0.457. The molecule has 0 radical (unpaired) electrons. The average Bonchev–Trinajstić information content (AvgIpc) is 2.84. The van der Waals surface area contributed by atoms with Crippen molar-refractivity contribution in [2.24, 2.45) is 0 Å². The Labute approximate surface area is 138 Å². The van der Waals surface area contributed by atoms with Crippen molar-refractivity contribution in [3.8, 4) is 0 Å². The summed E-state index contributed by atoms with van der Waals surface area (Å²) in [5.41, 5.74) is 9.76. The Balaban J connectivity index is 1.84. The molecular formula is C16H18N6S. The van der Waals surface area contributed by atoms with Crippen LogP contribution in [0.1, 0.15) is 16.1 Å². The van der Waals surface area contributed by atoms with Crippen LogP contribution in [0.2, 0.25) is 0 Å². The van der Waals surface area contributed by atoms with Gasteiger partial charge in [-0.15, -0.1) is 11.3 Å². The first kappa shape index (κ1) is 15.2. The molecule has 1 aromatic carbocycles. The Hall–Kier alpha value is -2.67. The van der Waals surface area contributed by atoms with Gasteiger partial charge in [0.05, 0.1) is 5.69 Å². The molecule has 0 saturated carbocycles. The quantitative estimate of drug-likeness (QED) is 0.673. The van der Waals surface area contributed by atoms with Gasteiger partial charge in [0.15, 0.2) is 16.8 Å². The van der Waals surface area contributed by atoms with Crippen molar-refractivity contribution in [3.63, 3.8) is 0 Å². The Morgan fingerprint density at radius 3 is 2.22 bits per heavy atom. The van der Waals surface area contributed by atoms with E-state index in [9.17, 15) is 0 Å². The van der Waals surface area contributed by atoms with E-state index in [-0.39, 0.29) is 0 Å². The predicted octanol–water partition coefficient (Wildman–Crippen LogP) is 3.93. The van der Waals surface area contributed by atoms with Crippen LogP contribution >= 0.6 is 11.3 Å². The summed E-state index contributed by atoms with van der Waals surface area (Å²) < 4.78 is 0. The molecule has 118 valence electrons. The van der Waals surface area contributed by atoms with Gasteiger partial charge in [-0.25, -0.2) is 15.0 Å². The molecule has 7 heteroatoms. The van der Waals surface area contributed by atoms with Gasteiger partial charge in [0.2, 0.25) is 0 Å². The first-order valence-electron chi connectivity index (χ1n) is 7.18. The molecule has 6 nitrogen and oxygen atoms in total. The largest absolute Gasteiger partial charge is 0.393 e. The van der Waals surface area contributed by atoms with E-state index in [0.29, 0.717) is 17.3 Å². The topological polar surface area (TPSA) is 88.8 Å². The highest BCUT2D eigenvalue weighted by Crippen LogP contribution is 2.30. The van der Waals surface area contributed by atoms with E-state index in [2.05, 4.69) is 25.6 Å². The molecule has 0 fully saturated rings. The van der Waals surface area contributed by atoms with Crippen molar-refractivity contribution >= 4 is 39.5 Å². The van der Waals surface area contributed by atoms with Crippen molar-refractivity contribution in [1.29, 1.82) is 0 Å². The number of rotatable bonds is 4. The number of nitrogens with one attached hydrogen (secondary N) is 2. The SMILES string of the molecule is Cc1ccc(Nc2ncnc(Nc3nc(C)c(C)s3)c2N)cc1. The zero-order valence-electron chi connectivity index (χ0n) is 13.2. The number of hydrogen-bond acceptors (Lipinski definition) is 7. The number of thiazole rings is 1. The van der Waals surface area contributed by atoms with E-state index < -0.39 is 0 Å². The van der Waals surface area contributed by atoms with Gasteiger partial charge in [-0.05, 0) is 32.9 Å². The normalized spacial score (nSPS) is 10.6. The maximum Gasteiger partial charge on any atom is 0.188 e. The first-order valence-corrected chi connectivity index (χ1v) is 8.00.